The van der Waals surface area contributed by atoms with Crippen LogP contribution in [0.3, 0.4) is 0 Å². The van der Waals surface area contributed by atoms with Gasteiger partial charge in [-0.15, -0.1) is 0 Å². The second-order valence-electron chi connectivity index (χ2n) is 11.2. The molecule has 1 unspecified atom stereocenters. The lowest BCUT2D eigenvalue weighted by atomic mass is 9.84. The lowest BCUT2D eigenvalue weighted by Gasteiger charge is -2.26. The fourth-order valence-corrected chi connectivity index (χ4v) is 5.44. The average molecular weight is 618 g/mol. The second-order valence-corrected chi connectivity index (χ2v) is 11.2. The van der Waals surface area contributed by atoms with Crippen LogP contribution in [0.15, 0.2) is 109 Å². The van der Waals surface area contributed by atoms with E-state index in [1.54, 1.807) is 30.3 Å². The Bertz CT molecular complexity index is 1860. The summed E-state index contributed by atoms with van der Waals surface area (Å²) in [5.74, 6) is -3.66. The smallest absolute Gasteiger partial charge is 0.306 e. The molecule has 5 aromatic rings. The molecule has 3 atom stereocenters. The van der Waals surface area contributed by atoms with Crippen LogP contribution in [-0.4, -0.2) is 39.7 Å². The highest BCUT2D eigenvalue weighted by Gasteiger charge is 2.35. The molecule has 0 aliphatic rings. The Hall–Kier alpha value is -5.41. The molecule has 5 rings (SSSR count). The molecule has 0 aliphatic heterocycles. The molecular formula is C37H35N3O6. The lowest BCUT2D eigenvalue weighted by molar-refractivity contribution is -0.145. The van der Waals surface area contributed by atoms with E-state index < -0.39 is 48.1 Å². The number of pyridine rings is 1. The van der Waals surface area contributed by atoms with Gasteiger partial charge in [-0.3, -0.25) is 19.2 Å². The zero-order valence-corrected chi connectivity index (χ0v) is 25.2. The molecule has 0 saturated heterocycles. The number of hydrogen-bond donors (Lipinski definition) is 3. The summed E-state index contributed by atoms with van der Waals surface area (Å²) >= 11 is 0. The molecule has 0 aliphatic carbocycles. The van der Waals surface area contributed by atoms with Crippen molar-refractivity contribution >= 4 is 45.2 Å². The maximum absolute atomic E-state index is 14.1. The van der Waals surface area contributed by atoms with Crippen molar-refractivity contribution in [3.8, 4) is 0 Å². The molecule has 0 fully saturated rings. The van der Waals surface area contributed by atoms with E-state index in [1.807, 2.05) is 78.9 Å². The van der Waals surface area contributed by atoms with E-state index in [0.29, 0.717) is 11.1 Å². The van der Waals surface area contributed by atoms with Gasteiger partial charge in [-0.2, -0.15) is 0 Å². The first-order valence-electron chi connectivity index (χ1n) is 15.1. The number of aromatic nitrogens is 1. The van der Waals surface area contributed by atoms with Crippen LogP contribution in [0.25, 0.3) is 21.7 Å². The van der Waals surface area contributed by atoms with Crippen LogP contribution >= 0.6 is 0 Å². The largest absolute Gasteiger partial charge is 0.461 e. The Balaban J connectivity index is 1.36. The summed E-state index contributed by atoms with van der Waals surface area (Å²) in [4.78, 5) is 56.6. The van der Waals surface area contributed by atoms with Crippen molar-refractivity contribution in [1.82, 2.24) is 10.3 Å². The third-order valence-corrected chi connectivity index (χ3v) is 7.88. The highest BCUT2D eigenvalue weighted by molar-refractivity contribution is 5.99. The van der Waals surface area contributed by atoms with Crippen molar-refractivity contribution < 1.29 is 29.0 Å². The van der Waals surface area contributed by atoms with Gasteiger partial charge < -0.3 is 20.9 Å². The molecule has 4 N–H and O–H groups in total. The fraction of sp³-hybridized carbons (Fsp3) is 0.216. The molecule has 1 heterocycles. The predicted molar refractivity (Wildman–Crippen MR) is 174 cm³/mol. The summed E-state index contributed by atoms with van der Waals surface area (Å²) in [6.45, 7) is 0.116. The number of aliphatic hydroxyl groups excluding tert-OH is 1. The molecule has 46 heavy (non-hydrogen) atoms. The molecule has 9 heteroatoms. The number of Topliss-reactive ketones (excluding diaryl/α,β-unsaturated/α-hetero) is 1. The van der Waals surface area contributed by atoms with Crippen molar-refractivity contribution in [2.24, 2.45) is 11.7 Å². The van der Waals surface area contributed by atoms with Crippen LogP contribution in [0.1, 0.15) is 53.4 Å². The van der Waals surface area contributed by atoms with Crippen molar-refractivity contribution in [1.29, 1.82) is 0 Å². The SMILES string of the molecule is NC(=O)C[C@H](C(=O)[C@H](CCCC(=O)OCc1ccccc1)NC(=O)c1ccc2ccccc2n1)C(O)c1ccc2ccccc2c1. The van der Waals surface area contributed by atoms with Gasteiger partial charge in [-0.25, -0.2) is 4.98 Å². The number of aliphatic hydroxyl groups is 1. The van der Waals surface area contributed by atoms with E-state index >= 15 is 0 Å². The van der Waals surface area contributed by atoms with Crippen LogP contribution in [0.2, 0.25) is 0 Å². The zero-order valence-electron chi connectivity index (χ0n) is 25.2. The first-order chi connectivity index (χ1) is 22.3. The predicted octanol–water partition coefficient (Wildman–Crippen LogP) is 5.19. The molecule has 9 nitrogen and oxygen atoms in total. The highest BCUT2D eigenvalue weighted by Crippen LogP contribution is 2.30. The van der Waals surface area contributed by atoms with Crippen LogP contribution in [0, 0.1) is 5.92 Å². The minimum absolute atomic E-state index is 0.00553. The summed E-state index contributed by atoms with van der Waals surface area (Å²) in [5.41, 5.74) is 7.53. The van der Waals surface area contributed by atoms with E-state index in [-0.39, 0.29) is 31.6 Å². The van der Waals surface area contributed by atoms with Gasteiger partial charge in [0.2, 0.25) is 5.91 Å². The number of carbonyl (C=O) groups excluding carboxylic acids is 4. The number of ether oxygens (including phenoxy) is 1. The van der Waals surface area contributed by atoms with Gasteiger partial charge in [0.15, 0.2) is 5.78 Å². The molecule has 0 saturated carbocycles. The fourth-order valence-electron chi connectivity index (χ4n) is 5.44. The maximum atomic E-state index is 14.1. The minimum Gasteiger partial charge on any atom is -0.461 e. The number of primary amides is 1. The van der Waals surface area contributed by atoms with Gasteiger partial charge in [0.05, 0.1) is 23.6 Å². The standard InChI is InChI=1S/C37H35N3O6/c38-33(41)22-29(35(43)28-18-17-25-11-4-5-13-27(25)21-28)36(44)31(15-8-16-34(42)46-23-24-9-2-1-3-10-24)40-37(45)32-20-19-26-12-6-7-14-30(26)39-32/h1-7,9-14,17-21,29,31,35,43H,8,15-16,22-23H2,(H2,38,41)(H,40,45)/t29-,31-,35?/m0/s1. The molecule has 2 amide bonds. The molecule has 234 valence electrons. The van der Waals surface area contributed by atoms with E-state index in [2.05, 4.69) is 10.3 Å². The Labute approximate surface area is 266 Å². The van der Waals surface area contributed by atoms with Gasteiger partial charge in [-0.05, 0) is 52.9 Å². The van der Waals surface area contributed by atoms with Gasteiger partial charge in [0.1, 0.15) is 12.3 Å². The summed E-state index contributed by atoms with van der Waals surface area (Å²) in [6.07, 6.45) is -1.57. The Morgan fingerprint density at radius 1 is 0.804 bits per heavy atom. The quantitative estimate of drug-likeness (QED) is 0.145. The first kappa shape index (κ1) is 32.0. The molecular weight excluding hydrogens is 582 g/mol. The van der Waals surface area contributed by atoms with Crippen molar-refractivity contribution in [3.05, 3.63) is 126 Å². The average Bonchev–Trinajstić information content (AvgIpc) is 3.08. The van der Waals surface area contributed by atoms with Crippen molar-refractivity contribution in [2.75, 3.05) is 0 Å². The van der Waals surface area contributed by atoms with Crippen LogP contribution in [0.4, 0.5) is 0 Å². The number of nitrogens with two attached hydrogens (primary N) is 1. The normalized spacial score (nSPS) is 13.1. The van der Waals surface area contributed by atoms with Gasteiger partial charge in [0, 0.05) is 18.2 Å². The number of ketones is 1. The Morgan fingerprint density at radius 2 is 1.48 bits per heavy atom. The number of hydrogen-bond acceptors (Lipinski definition) is 7. The zero-order chi connectivity index (χ0) is 32.5. The number of nitrogens with one attached hydrogen (secondary N) is 1. The van der Waals surface area contributed by atoms with Crippen molar-refractivity contribution in [3.63, 3.8) is 0 Å². The van der Waals surface area contributed by atoms with Gasteiger partial charge >= 0.3 is 5.97 Å². The van der Waals surface area contributed by atoms with Crippen molar-refractivity contribution in [2.45, 2.75) is 44.4 Å². The number of amides is 2. The van der Waals surface area contributed by atoms with Crippen LogP contribution < -0.4 is 11.1 Å². The second kappa shape index (κ2) is 15.0. The third-order valence-electron chi connectivity index (χ3n) is 7.88. The van der Waals surface area contributed by atoms with Gasteiger partial charge in [-0.1, -0.05) is 91.0 Å². The molecule has 4 aromatic carbocycles. The first-order valence-corrected chi connectivity index (χ1v) is 15.1. The van der Waals surface area contributed by atoms with Gasteiger partial charge in [0.25, 0.3) is 5.91 Å². The number of benzene rings is 4. The molecule has 0 bridgehead atoms. The van der Waals surface area contributed by atoms with E-state index in [9.17, 15) is 24.3 Å². The third kappa shape index (κ3) is 8.19. The highest BCUT2D eigenvalue weighted by atomic mass is 16.5. The number of fused-ring (bicyclic) bond motifs is 2. The molecule has 0 radical (unpaired) electrons. The monoisotopic (exact) mass is 617 g/mol. The number of esters is 1. The minimum atomic E-state index is -1.38. The van der Waals surface area contributed by atoms with Crippen LogP contribution in [0.5, 0.6) is 0 Å². The number of rotatable bonds is 14. The molecule has 1 aromatic heterocycles. The summed E-state index contributed by atoms with van der Waals surface area (Å²) in [5, 5.41) is 16.8. The topological polar surface area (TPSA) is 149 Å². The Morgan fingerprint density at radius 3 is 2.24 bits per heavy atom. The number of para-hydroxylation sites is 1. The number of carbonyl (C=O) groups is 4. The van der Waals surface area contributed by atoms with Crippen LogP contribution in [-0.2, 0) is 25.7 Å². The summed E-state index contributed by atoms with van der Waals surface area (Å²) < 4.78 is 5.37. The van der Waals surface area contributed by atoms with E-state index in [0.717, 1.165) is 21.7 Å². The number of nitrogens with zero attached hydrogens (tertiary/aromatic N) is 1. The lowest BCUT2D eigenvalue weighted by Crippen LogP contribution is -2.46. The maximum Gasteiger partial charge on any atom is 0.306 e. The molecule has 0 spiro atoms. The van der Waals surface area contributed by atoms with E-state index in [1.165, 1.54) is 0 Å². The van der Waals surface area contributed by atoms with E-state index in [4.69, 9.17) is 10.5 Å². The summed E-state index contributed by atoms with van der Waals surface area (Å²) in [6, 6.07) is 31.6. The summed E-state index contributed by atoms with van der Waals surface area (Å²) in [7, 11) is 0. The Kier molecular flexibility index (Phi) is 10.5.